The molecular formula is C12H16ClN5O2. The van der Waals surface area contributed by atoms with Crippen molar-refractivity contribution in [3.8, 4) is 5.88 Å². The number of hydrogen-bond donors (Lipinski definition) is 2. The lowest BCUT2D eigenvalue weighted by Crippen LogP contribution is -2.42. The Morgan fingerprint density at radius 1 is 1.50 bits per heavy atom. The molecule has 0 bridgehead atoms. The summed E-state index contributed by atoms with van der Waals surface area (Å²) in [6.45, 7) is 6.58. The molecule has 0 spiro atoms. The summed E-state index contributed by atoms with van der Waals surface area (Å²) in [6, 6.07) is 1.65. The van der Waals surface area contributed by atoms with Crippen molar-refractivity contribution in [2.24, 2.45) is 5.41 Å². The average molecular weight is 298 g/mol. The first-order chi connectivity index (χ1) is 9.26. The maximum absolute atomic E-state index is 11.9. The molecule has 0 aliphatic carbocycles. The summed E-state index contributed by atoms with van der Waals surface area (Å²) in [5.41, 5.74) is -0.564. The van der Waals surface area contributed by atoms with Gasteiger partial charge in [0.15, 0.2) is 5.82 Å². The summed E-state index contributed by atoms with van der Waals surface area (Å²) >= 11 is 5.80. The monoisotopic (exact) mass is 297 g/mol. The fourth-order valence-electron chi connectivity index (χ4n) is 1.74. The molecule has 2 aromatic heterocycles. The van der Waals surface area contributed by atoms with E-state index in [0.29, 0.717) is 12.4 Å². The van der Waals surface area contributed by atoms with E-state index in [0.717, 1.165) is 0 Å². The molecule has 2 N–H and O–H groups in total. The number of halogens is 1. The highest BCUT2D eigenvalue weighted by atomic mass is 35.5. The van der Waals surface area contributed by atoms with E-state index in [-0.39, 0.29) is 16.6 Å². The predicted molar refractivity (Wildman–Crippen MR) is 76.0 cm³/mol. The van der Waals surface area contributed by atoms with Gasteiger partial charge >= 0.3 is 5.69 Å². The van der Waals surface area contributed by atoms with E-state index in [9.17, 15) is 9.90 Å². The molecule has 2 heterocycles. The third-order valence-electron chi connectivity index (χ3n) is 2.45. The Kier molecular flexibility index (Phi) is 3.71. The molecule has 0 aliphatic heterocycles. The van der Waals surface area contributed by atoms with Crippen molar-refractivity contribution in [1.29, 1.82) is 0 Å². The summed E-state index contributed by atoms with van der Waals surface area (Å²) in [5, 5.41) is 11.1. The van der Waals surface area contributed by atoms with Gasteiger partial charge in [-0.1, -0.05) is 20.8 Å². The molecule has 0 fully saturated rings. The second-order valence-corrected chi connectivity index (χ2v) is 5.93. The number of aromatic nitrogens is 4. The molecule has 20 heavy (non-hydrogen) atoms. The first kappa shape index (κ1) is 14.4. The van der Waals surface area contributed by atoms with Crippen LogP contribution in [0.25, 0.3) is 0 Å². The molecule has 0 amide bonds. The molecule has 0 atom stereocenters. The zero-order valence-electron chi connectivity index (χ0n) is 11.5. The van der Waals surface area contributed by atoms with Crippen LogP contribution in [-0.4, -0.2) is 31.3 Å². The lowest BCUT2D eigenvalue weighted by atomic mass is 9.97. The number of aromatic hydroxyl groups is 1. The molecule has 0 saturated heterocycles. The lowest BCUT2D eigenvalue weighted by molar-refractivity contribution is 0.390. The molecule has 0 saturated carbocycles. The van der Waals surface area contributed by atoms with Gasteiger partial charge in [0, 0.05) is 18.8 Å². The largest absolute Gasteiger partial charge is 0.493 e. The summed E-state index contributed by atoms with van der Waals surface area (Å²) in [7, 11) is 0. The van der Waals surface area contributed by atoms with Crippen molar-refractivity contribution in [2.75, 3.05) is 11.6 Å². The van der Waals surface area contributed by atoms with Gasteiger partial charge in [0.05, 0.1) is 6.20 Å². The van der Waals surface area contributed by atoms with E-state index in [4.69, 9.17) is 11.6 Å². The smallest absolute Gasteiger partial charge is 0.347 e. The van der Waals surface area contributed by atoms with Crippen LogP contribution in [0.15, 0.2) is 23.3 Å². The fraction of sp³-hybridized carbons (Fsp3) is 0.417. The average Bonchev–Trinajstić information content (AvgIpc) is 2.64. The first-order valence-corrected chi connectivity index (χ1v) is 6.41. The van der Waals surface area contributed by atoms with Gasteiger partial charge in [-0.2, -0.15) is 4.98 Å². The Morgan fingerprint density at radius 3 is 2.70 bits per heavy atom. The minimum atomic E-state index is -0.457. The van der Waals surface area contributed by atoms with Gasteiger partial charge in [-0.3, -0.25) is 9.99 Å². The third kappa shape index (κ3) is 3.30. The number of nitrogens with one attached hydrogen (secondary N) is 1. The third-order valence-corrected chi connectivity index (χ3v) is 2.63. The van der Waals surface area contributed by atoms with Crippen LogP contribution in [0, 0.1) is 5.41 Å². The van der Waals surface area contributed by atoms with Crippen molar-refractivity contribution in [3.05, 3.63) is 34.2 Å². The van der Waals surface area contributed by atoms with Gasteiger partial charge in [-0.25, -0.2) is 14.5 Å². The molecule has 8 heteroatoms. The summed E-state index contributed by atoms with van der Waals surface area (Å²) in [4.78, 5) is 22.1. The summed E-state index contributed by atoms with van der Waals surface area (Å²) in [5.74, 6) is 0.259. The molecule has 108 valence electrons. The van der Waals surface area contributed by atoms with Crippen LogP contribution in [0.1, 0.15) is 20.8 Å². The molecule has 0 aromatic carbocycles. The van der Waals surface area contributed by atoms with Crippen LogP contribution < -0.4 is 10.7 Å². The minimum Gasteiger partial charge on any atom is -0.493 e. The second-order valence-electron chi connectivity index (χ2n) is 5.59. The molecule has 0 radical (unpaired) electrons. The number of nitrogens with zero attached hydrogens (tertiary/aromatic N) is 4. The van der Waals surface area contributed by atoms with Gasteiger partial charge in [-0.05, 0) is 17.0 Å². The van der Waals surface area contributed by atoms with Crippen molar-refractivity contribution in [3.63, 3.8) is 0 Å². The molecule has 0 aliphatic rings. The van der Waals surface area contributed by atoms with Crippen molar-refractivity contribution < 1.29 is 5.11 Å². The van der Waals surface area contributed by atoms with Gasteiger partial charge < -0.3 is 5.11 Å². The van der Waals surface area contributed by atoms with Gasteiger partial charge in [0.25, 0.3) is 0 Å². The molecule has 2 aromatic rings. The normalized spacial score (nSPS) is 11.6. The van der Waals surface area contributed by atoms with E-state index in [2.05, 4.69) is 15.0 Å². The van der Waals surface area contributed by atoms with Gasteiger partial charge in [-0.15, -0.1) is 0 Å². The molecule has 0 unspecified atom stereocenters. The van der Waals surface area contributed by atoms with Gasteiger partial charge in [0.2, 0.25) is 11.2 Å². The highest BCUT2D eigenvalue weighted by molar-refractivity contribution is 6.28. The van der Waals surface area contributed by atoms with Crippen molar-refractivity contribution in [1.82, 2.24) is 19.6 Å². The number of rotatable bonds is 3. The maximum Gasteiger partial charge on any atom is 0.347 e. The summed E-state index contributed by atoms with van der Waals surface area (Å²) in [6.07, 6.45) is 2.81. The van der Waals surface area contributed by atoms with Crippen LogP contribution in [0.5, 0.6) is 5.88 Å². The van der Waals surface area contributed by atoms with Crippen LogP contribution in [0.2, 0.25) is 5.28 Å². The number of H-pyrrole nitrogens is 1. The molecule has 2 rings (SSSR count). The minimum absolute atomic E-state index is 0.0919. The van der Waals surface area contributed by atoms with E-state index in [1.807, 2.05) is 20.8 Å². The standard InChI is InChI=1S/C12H16ClN5O2/c1-12(2,3)7-18(8-4-5-14-10(13)15-8)17-6-9(19)16-11(17)20/h4-6,19H,7H2,1-3H3,(H,16,20). The fourth-order valence-corrected chi connectivity index (χ4v) is 1.88. The Labute approximate surface area is 120 Å². The second kappa shape index (κ2) is 5.16. The maximum atomic E-state index is 11.9. The number of aromatic amines is 1. The number of hydrogen-bond acceptors (Lipinski definition) is 5. The Hall–Kier alpha value is -2.02. The van der Waals surface area contributed by atoms with E-state index in [1.165, 1.54) is 17.1 Å². The SMILES string of the molecule is CC(C)(C)CN(c1ccnc(Cl)n1)n1cc(O)[nH]c1=O. The Balaban J connectivity index is 2.50. The number of imidazole rings is 1. The quantitative estimate of drug-likeness (QED) is 0.841. The van der Waals surface area contributed by atoms with Crippen LogP contribution in [0.3, 0.4) is 0 Å². The lowest BCUT2D eigenvalue weighted by Gasteiger charge is -2.30. The highest BCUT2D eigenvalue weighted by Gasteiger charge is 2.21. The van der Waals surface area contributed by atoms with E-state index in [1.54, 1.807) is 11.1 Å². The topological polar surface area (TPSA) is 87.0 Å². The van der Waals surface area contributed by atoms with Crippen molar-refractivity contribution in [2.45, 2.75) is 20.8 Å². The Bertz CT molecular complexity index is 658. The summed E-state index contributed by atoms with van der Waals surface area (Å²) < 4.78 is 1.26. The molecular weight excluding hydrogens is 282 g/mol. The highest BCUT2D eigenvalue weighted by Crippen LogP contribution is 2.21. The first-order valence-electron chi connectivity index (χ1n) is 6.03. The molecule has 7 nitrogen and oxygen atoms in total. The predicted octanol–water partition coefficient (Wildman–Crippen LogP) is 1.64. The number of anilines is 1. The van der Waals surface area contributed by atoms with E-state index >= 15 is 0 Å². The van der Waals surface area contributed by atoms with Crippen LogP contribution in [0.4, 0.5) is 5.82 Å². The van der Waals surface area contributed by atoms with Crippen LogP contribution >= 0.6 is 11.6 Å². The zero-order valence-corrected chi connectivity index (χ0v) is 12.2. The van der Waals surface area contributed by atoms with Crippen LogP contribution in [-0.2, 0) is 0 Å². The zero-order chi connectivity index (χ0) is 14.9. The van der Waals surface area contributed by atoms with E-state index < -0.39 is 5.69 Å². The Morgan fingerprint density at radius 2 is 2.20 bits per heavy atom. The van der Waals surface area contributed by atoms with Gasteiger partial charge in [0.1, 0.15) is 0 Å². The van der Waals surface area contributed by atoms with Crippen molar-refractivity contribution >= 4 is 17.4 Å².